The molecule has 4 rings (SSSR count). The Kier molecular flexibility index (Phi) is 5.16. The quantitative estimate of drug-likeness (QED) is 0.671. The second kappa shape index (κ2) is 7.78. The van der Waals surface area contributed by atoms with E-state index in [9.17, 15) is 18.8 Å². The fourth-order valence-electron chi connectivity index (χ4n) is 3.58. The Balaban J connectivity index is 1.78. The molecule has 1 aliphatic rings. The second-order valence-electron chi connectivity index (χ2n) is 7.52. The third-order valence-electron chi connectivity index (χ3n) is 5.32. The minimum absolute atomic E-state index is 0.108. The smallest absolute Gasteiger partial charge is 0.272 e. The van der Waals surface area contributed by atoms with Crippen molar-refractivity contribution in [2.45, 2.75) is 45.7 Å². The number of alkyl halides is 2. The molecule has 1 amide bonds. The molecular weight excluding hydrogens is 390 g/mol. The molecule has 1 aromatic carbocycles. The molecule has 1 atom stereocenters. The molecule has 30 heavy (non-hydrogen) atoms. The highest BCUT2D eigenvalue weighted by molar-refractivity contribution is 5.92. The third kappa shape index (κ3) is 3.73. The van der Waals surface area contributed by atoms with Gasteiger partial charge in [0.15, 0.2) is 0 Å². The molecule has 1 saturated carbocycles. The number of nitrogens with one attached hydrogen (secondary N) is 1. The molecule has 1 aliphatic carbocycles. The number of imidazole rings is 1. The molecule has 2 aromatic heterocycles. The number of hydrogen-bond acceptors (Lipinski definition) is 5. The Morgan fingerprint density at radius 3 is 2.67 bits per heavy atom. The van der Waals surface area contributed by atoms with Gasteiger partial charge in [0.1, 0.15) is 11.5 Å². The molecule has 0 unspecified atom stereocenters. The van der Waals surface area contributed by atoms with E-state index in [-0.39, 0.29) is 11.6 Å². The van der Waals surface area contributed by atoms with E-state index in [2.05, 4.69) is 26.3 Å². The lowest BCUT2D eigenvalue weighted by Crippen LogP contribution is -2.33. The van der Waals surface area contributed by atoms with Gasteiger partial charge in [-0.15, -0.1) is 0 Å². The van der Waals surface area contributed by atoms with Crippen LogP contribution in [-0.2, 0) is 6.54 Å². The summed E-state index contributed by atoms with van der Waals surface area (Å²) in [5.74, 6) is 0.0558. The average Bonchev–Trinajstić information content (AvgIpc) is 3.49. The van der Waals surface area contributed by atoms with Gasteiger partial charge < -0.3 is 9.88 Å². The molecule has 0 bridgehead atoms. The monoisotopic (exact) mass is 410 g/mol. The molecule has 1 fully saturated rings. The zero-order valence-electron chi connectivity index (χ0n) is 16.6. The summed E-state index contributed by atoms with van der Waals surface area (Å²) in [4.78, 5) is 25.6. The van der Waals surface area contributed by atoms with Gasteiger partial charge in [0.25, 0.3) is 12.3 Å². The summed E-state index contributed by atoms with van der Waals surface area (Å²) in [7, 11) is 0. The minimum Gasteiger partial charge on any atom is -0.340 e. The lowest BCUT2D eigenvalue weighted by Gasteiger charge is -2.19. The van der Waals surface area contributed by atoms with Crippen molar-refractivity contribution in [3.05, 3.63) is 52.9 Å². The number of nitrogens with zero attached hydrogens (tertiary/aromatic N) is 5. The van der Waals surface area contributed by atoms with Gasteiger partial charge in [-0.3, -0.25) is 9.78 Å². The van der Waals surface area contributed by atoms with E-state index in [1.165, 1.54) is 17.0 Å². The van der Waals surface area contributed by atoms with Crippen molar-refractivity contribution in [3.63, 3.8) is 0 Å². The zero-order valence-corrected chi connectivity index (χ0v) is 16.6. The number of benzene rings is 1. The fraction of sp³-hybridized carbons (Fsp3) is 0.381. The lowest BCUT2D eigenvalue weighted by molar-refractivity contribution is 0.0921. The van der Waals surface area contributed by atoms with E-state index in [0.717, 1.165) is 12.8 Å². The van der Waals surface area contributed by atoms with Crippen LogP contribution in [0.2, 0.25) is 0 Å². The molecule has 0 radical (unpaired) electrons. The van der Waals surface area contributed by atoms with Crippen LogP contribution in [0.15, 0.2) is 24.5 Å². The summed E-state index contributed by atoms with van der Waals surface area (Å²) in [6.07, 6.45) is 2.03. The number of hydrogen-bond donors (Lipinski definition) is 1. The van der Waals surface area contributed by atoms with Gasteiger partial charge >= 0.3 is 0 Å². The maximum Gasteiger partial charge on any atom is 0.272 e. The van der Waals surface area contributed by atoms with Crippen molar-refractivity contribution in [2.24, 2.45) is 5.92 Å². The van der Waals surface area contributed by atoms with Crippen molar-refractivity contribution >= 4 is 16.9 Å². The summed E-state index contributed by atoms with van der Waals surface area (Å²) < 4.78 is 28.2. The number of carbonyl (C=O) groups is 1. The molecular formula is C21H20F2N6O. The summed E-state index contributed by atoms with van der Waals surface area (Å²) in [6.45, 7) is 2.98. The molecule has 2 heterocycles. The van der Waals surface area contributed by atoms with E-state index in [1.807, 2.05) is 0 Å². The van der Waals surface area contributed by atoms with Crippen molar-refractivity contribution in [3.8, 4) is 6.07 Å². The Bertz CT molecular complexity index is 1140. The van der Waals surface area contributed by atoms with E-state index >= 15 is 0 Å². The Morgan fingerprint density at radius 1 is 1.30 bits per heavy atom. The first-order valence-electron chi connectivity index (χ1n) is 9.66. The van der Waals surface area contributed by atoms with Crippen LogP contribution < -0.4 is 5.32 Å². The van der Waals surface area contributed by atoms with Gasteiger partial charge in [-0.05, 0) is 50.3 Å². The number of aryl methyl sites for hydroxylation is 2. The van der Waals surface area contributed by atoms with Gasteiger partial charge in [-0.2, -0.15) is 5.26 Å². The van der Waals surface area contributed by atoms with Crippen LogP contribution in [-0.4, -0.2) is 31.9 Å². The Hall–Kier alpha value is -3.41. The van der Waals surface area contributed by atoms with Gasteiger partial charge in [0.05, 0.1) is 47.1 Å². The minimum atomic E-state index is -2.59. The van der Waals surface area contributed by atoms with Gasteiger partial charge in [0.2, 0.25) is 0 Å². The number of carbonyl (C=O) groups excluding carboxylic acids is 1. The summed E-state index contributed by atoms with van der Waals surface area (Å²) in [5, 5.41) is 12.2. The first-order valence-corrected chi connectivity index (χ1v) is 9.66. The van der Waals surface area contributed by atoms with Crippen LogP contribution >= 0.6 is 0 Å². The largest absolute Gasteiger partial charge is 0.340 e. The maximum absolute atomic E-state index is 13.4. The lowest BCUT2D eigenvalue weighted by atomic mass is 10.1. The summed E-state index contributed by atoms with van der Waals surface area (Å²) in [5.41, 5.74) is 2.95. The molecule has 1 N–H and O–H groups in total. The van der Waals surface area contributed by atoms with Crippen LogP contribution in [0.3, 0.4) is 0 Å². The number of rotatable bonds is 6. The van der Waals surface area contributed by atoms with E-state index in [0.29, 0.717) is 33.7 Å². The van der Waals surface area contributed by atoms with Crippen molar-refractivity contribution in [2.75, 3.05) is 0 Å². The van der Waals surface area contributed by atoms with Crippen LogP contribution in [0.4, 0.5) is 8.78 Å². The molecule has 0 saturated heterocycles. The Labute approximate surface area is 171 Å². The molecule has 7 nitrogen and oxygen atoms in total. The molecule has 0 aliphatic heterocycles. The van der Waals surface area contributed by atoms with Crippen molar-refractivity contribution < 1.29 is 13.6 Å². The molecule has 9 heteroatoms. The maximum atomic E-state index is 13.4. The van der Waals surface area contributed by atoms with Crippen LogP contribution in [0.1, 0.15) is 52.0 Å². The average molecular weight is 410 g/mol. The van der Waals surface area contributed by atoms with Crippen LogP contribution in [0.5, 0.6) is 0 Å². The van der Waals surface area contributed by atoms with E-state index < -0.39 is 24.9 Å². The topological polar surface area (TPSA) is 96.5 Å². The standard InChI is InChI=1S/C21H20F2N6O/c1-11-8-26-15(9-25-11)21(30)28-19(13-3-4-13)20-27-18-12(2)14(7-24)5-6-16(18)29(20)10-17(22)23/h5-6,8-9,13,17,19H,3-4,10H2,1-2H3,(H,28,30)/t19-/m0/s1. The highest BCUT2D eigenvalue weighted by atomic mass is 19.3. The zero-order chi connectivity index (χ0) is 21.4. The highest BCUT2D eigenvalue weighted by Gasteiger charge is 2.37. The Morgan fingerprint density at radius 2 is 2.07 bits per heavy atom. The highest BCUT2D eigenvalue weighted by Crippen LogP contribution is 2.42. The van der Waals surface area contributed by atoms with E-state index in [4.69, 9.17) is 0 Å². The molecule has 154 valence electrons. The van der Waals surface area contributed by atoms with Gasteiger partial charge in [-0.25, -0.2) is 18.7 Å². The molecule has 3 aromatic rings. The van der Waals surface area contributed by atoms with Crippen molar-refractivity contribution in [1.82, 2.24) is 24.8 Å². The predicted octanol–water partition coefficient (Wildman–Crippen LogP) is 3.46. The normalized spacial score (nSPS) is 14.7. The second-order valence-corrected chi connectivity index (χ2v) is 7.52. The number of fused-ring (bicyclic) bond motifs is 1. The number of amides is 1. The third-order valence-corrected chi connectivity index (χ3v) is 5.32. The molecule has 0 spiro atoms. The van der Waals surface area contributed by atoms with E-state index in [1.54, 1.807) is 26.0 Å². The summed E-state index contributed by atoms with van der Waals surface area (Å²) in [6, 6.07) is 4.81. The number of halogens is 2. The summed E-state index contributed by atoms with van der Waals surface area (Å²) >= 11 is 0. The number of aromatic nitrogens is 4. The van der Waals surface area contributed by atoms with Gasteiger partial charge in [-0.1, -0.05) is 0 Å². The van der Waals surface area contributed by atoms with Crippen LogP contribution in [0, 0.1) is 31.1 Å². The first-order chi connectivity index (χ1) is 14.4. The van der Waals surface area contributed by atoms with Crippen LogP contribution in [0.25, 0.3) is 11.0 Å². The fourth-order valence-corrected chi connectivity index (χ4v) is 3.58. The van der Waals surface area contributed by atoms with Crippen molar-refractivity contribution in [1.29, 1.82) is 5.26 Å². The predicted molar refractivity (Wildman–Crippen MR) is 105 cm³/mol. The van der Waals surface area contributed by atoms with Gasteiger partial charge in [0, 0.05) is 6.20 Å². The SMILES string of the molecule is Cc1cnc(C(=O)N[C@H](c2nc3c(C)c(C#N)ccc3n2CC(F)F)C2CC2)cn1. The first kappa shape index (κ1) is 19.9. The number of nitriles is 1.